The van der Waals surface area contributed by atoms with E-state index in [1.807, 2.05) is 24.4 Å². The minimum atomic E-state index is 0.773. The SMILES string of the molecule is CCCCNC(=S)N(CC)Cc1ccccn1. The zero-order chi connectivity index (χ0) is 12.5. The van der Waals surface area contributed by atoms with E-state index < -0.39 is 0 Å². The average molecular weight is 251 g/mol. The fourth-order valence-electron chi connectivity index (χ4n) is 1.50. The number of thiocarbonyl (C=S) groups is 1. The summed E-state index contributed by atoms with van der Waals surface area (Å²) >= 11 is 5.37. The maximum absolute atomic E-state index is 5.37. The molecule has 1 N–H and O–H groups in total. The van der Waals surface area contributed by atoms with Crippen molar-refractivity contribution in [2.45, 2.75) is 33.2 Å². The first-order valence-electron chi connectivity index (χ1n) is 6.20. The third kappa shape index (κ3) is 5.13. The molecular formula is C13H21N3S. The predicted octanol–water partition coefficient (Wildman–Crippen LogP) is 2.58. The van der Waals surface area contributed by atoms with Crippen LogP contribution in [0.1, 0.15) is 32.4 Å². The Morgan fingerprint density at radius 3 is 2.82 bits per heavy atom. The van der Waals surface area contributed by atoms with Gasteiger partial charge in [0, 0.05) is 19.3 Å². The molecule has 1 heterocycles. The molecule has 3 nitrogen and oxygen atoms in total. The van der Waals surface area contributed by atoms with Crippen molar-refractivity contribution in [3.8, 4) is 0 Å². The van der Waals surface area contributed by atoms with E-state index in [1.54, 1.807) is 0 Å². The number of nitrogens with zero attached hydrogens (tertiary/aromatic N) is 2. The van der Waals surface area contributed by atoms with Crippen molar-refractivity contribution in [1.82, 2.24) is 15.2 Å². The Labute approximate surface area is 109 Å². The van der Waals surface area contributed by atoms with E-state index in [0.717, 1.165) is 36.9 Å². The topological polar surface area (TPSA) is 28.2 Å². The minimum absolute atomic E-state index is 0.773. The molecule has 0 spiro atoms. The molecule has 0 unspecified atom stereocenters. The number of pyridine rings is 1. The second-order valence-electron chi connectivity index (χ2n) is 3.92. The Bertz CT molecular complexity index is 327. The molecule has 0 bridgehead atoms. The summed E-state index contributed by atoms with van der Waals surface area (Å²) in [5.74, 6) is 0. The number of hydrogen-bond donors (Lipinski definition) is 1. The maximum Gasteiger partial charge on any atom is 0.169 e. The van der Waals surface area contributed by atoms with Crippen LogP contribution in [-0.4, -0.2) is 28.1 Å². The van der Waals surface area contributed by atoms with Crippen LogP contribution < -0.4 is 5.32 Å². The van der Waals surface area contributed by atoms with E-state index in [0.29, 0.717) is 0 Å². The van der Waals surface area contributed by atoms with Gasteiger partial charge in [0.05, 0.1) is 12.2 Å². The van der Waals surface area contributed by atoms with Crippen LogP contribution in [0.15, 0.2) is 24.4 Å². The van der Waals surface area contributed by atoms with Crippen LogP contribution in [0.25, 0.3) is 0 Å². The number of unbranched alkanes of at least 4 members (excludes halogenated alkanes) is 1. The molecule has 0 aliphatic heterocycles. The first-order chi connectivity index (χ1) is 8.27. The van der Waals surface area contributed by atoms with Gasteiger partial charge in [0.15, 0.2) is 5.11 Å². The molecule has 0 saturated heterocycles. The first-order valence-corrected chi connectivity index (χ1v) is 6.61. The van der Waals surface area contributed by atoms with Crippen LogP contribution in [0, 0.1) is 0 Å². The van der Waals surface area contributed by atoms with Crippen molar-refractivity contribution in [3.05, 3.63) is 30.1 Å². The molecule has 0 saturated carbocycles. The lowest BCUT2D eigenvalue weighted by molar-refractivity contribution is 0.421. The third-order valence-electron chi connectivity index (χ3n) is 2.55. The van der Waals surface area contributed by atoms with Gasteiger partial charge in [-0.15, -0.1) is 0 Å². The second-order valence-corrected chi connectivity index (χ2v) is 4.31. The molecule has 94 valence electrons. The van der Waals surface area contributed by atoms with Gasteiger partial charge in [0.25, 0.3) is 0 Å². The molecule has 1 rings (SSSR count). The highest BCUT2D eigenvalue weighted by molar-refractivity contribution is 7.80. The summed E-state index contributed by atoms with van der Waals surface area (Å²) in [6.07, 6.45) is 4.15. The zero-order valence-corrected chi connectivity index (χ0v) is 11.5. The van der Waals surface area contributed by atoms with Gasteiger partial charge >= 0.3 is 0 Å². The van der Waals surface area contributed by atoms with Gasteiger partial charge in [-0.25, -0.2) is 0 Å². The smallest absolute Gasteiger partial charge is 0.169 e. The molecule has 0 atom stereocenters. The fraction of sp³-hybridized carbons (Fsp3) is 0.538. The van der Waals surface area contributed by atoms with Gasteiger partial charge in [-0.1, -0.05) is 19.4 Å². The molecule has 0 aliphatic rings. The van der Waals surface area contributed by atoms with Crippen LogP contribution in [0.4, 0.5) is 0 Å². The first kappa shape index (κ1) is 13.9. The monoisotopic (exact) mass is 251 g/mol. The van der Waals surface area contributed by atoms with Crippen LogP contribution in [0.3, 0.4) is 0 Å². The van der Waals surface area contributed by atoms with E-state index in [1.165, 1.54) is 6.42 Å². The van der Waals surface area contributed by atoms with Crippen molar-refractivity contribution >= 4 is 17.3 Å². The van der Waals surface area contributed by atoms with Gasteiger partial charge in [-0.3, -0.25) is 4.98 Å². The normalized spacial score (nSPS) is 10.0. The van der Waals surface area contributed by atoms with Gasteiger partial charge in [0.2, 0.25) is 0 Å². The zero-order valence-electron chi connectivity index (χ0n) is 10.6. The highest BCUT2D eigenvalue weighted by Crippen LogP contribution is 2.01. The fourth-order valence-corrected chi connectivity index (χ4v) is 1.79. The van der Waals surface area contributed by atoms with Gasteiger partial charge in [-0.05, 0) is 37.7 Å². The van der Waals surface area contributed by atoms with Crippen LogP contribution >= 0.6 is 12.2 Å². The Hall–Kier alpha value is -1.16. The molecule has 4 heteroatoms. The van der Waals surface area contributed by atoms with E-state index in [-0.39, 0.29) is 0 Å². The number of aromatic nitrogens is 1. The maximum atomic E-state index is 5.37. The molecular weight excluding hydrogens is 230 g/mol. The molecule has 0 fully saturated rings. The summed E-state index contributed by atoms with van der Waals surface area (Å²) in [5, 5.41) is 4.11. The summed E-state index contributed by atoms with van der Waals surface area (Å²) in [6, 6.07) is 5.96. The molecule has 0 amide bonds. The summed E-state index contributed by atoms with van der Waals surface area (Å²) in [7, 11) is 0. The van der Waals surface area contributed by atoms with Gasteiger partial charge in [0.1, 0.15) is 0 Å². The van der Waals surface area contributed by atoms with E-state index >= 15 is 0 Å². The van der Waals surface area contributed by atoms with Crippen molar-refractivity contribution in [3.63, 3.8) is 0 Å². The Kier molecular flexibility index (Phi) is 6.55. The van der Waals surface area contributed by atoms with Crippen molar-refractivity contribution in [1.29, 1.82) is 0 Å². The van der Waals surface area contributed by atoms with Crippen LogP contribution in [0.5, 0.6) is 0 Å². The summed E-state index contributed by atoms with van der Waals surface area (Å²) in [5.41, 5.74) is 1.05. The van der Waals surface area contributed by atoms with Crippen LogP contribution in [0.2, 0.25) is 0 Å². The van der Waals surface area contributed by atoms with E-state index in [2.05, 4.69) is 29.0 Å². The third-order valence-corrected chi connectivity index (χ3v) is 2.96. The number of nitrogens with one attached hydrogen (secondary N) is 1. The lowest BCUT2D eigenvalue weighted by Crippen LogP contribution is -2.39. The molecule has 0 aliphatic carbocycles. The Balaban J connectivity index is 2.45. The molecule has 1 aromatic heterocycles. The second kappa shape index (κ2) is 8.01. The quantitative estimate of drug-likeness (QED) is 0.621. The van der Waals surface area contributed by atoms with E-state index in [9.17, 15) is 0 Å². The summed E-state index contributed by atoms with van der Waals surface area (Å²) < 4.78 is 0. The van der Waals surface area contributed by atoms with Crippen molar-refractivity contribution in [2.24, 2.45) is 0 Å². The lowest BCUT2D eigenvalue weighted by Gasteiger charge is -2.23. The number of hydrogen-bond acceptors (Lipinski definition) is 2. The highest BCUT2D eigenvalue weighted by atomic mass is 32.1. The van der Waals surface area contributed by atoms with Crippen molar-refractivity contribution < 1.29 is 0 Å². The lowest BCUT2D eigenvalue weighted by atomic mass is 10.3. The summed E-state index contributed by atoms with van der Waals surface area (Å²) in [6.45, 7) is 6.91. The molecule has 1 aromatic rings. The van der Waals surface area contributed by atoms with Crippen LogP contribution in [-0.2, 0) is 6.54 Å². The average Bonchev–Trinajstić information content (AvgIpc) is 2.37. The standard InChI is InChI=1S/C13H21N3S/c1-3-5-9-15-13(17)16(4-2)11-12-8-6-7-10-14-12/h6-8,10H,3-5,9,11H2,1-2H3,(H,15,17). The predicted molar refractivity (Wildman–Crippen MR) is 75.8 cm³/mol. The van der Waals surface area contributed by atoms with Gasteiger partial charge in [-0.2, -0.15) is 0 Å². The molecule has 17 heavy (non-hydrogen) atoms. The largest absolute Gasteiger partial charge is 0.363 e. The molecule has 0 radical (unpaired) electrons. The van der Waals surface area contributed by atoms with Gasteiger partial charge < -0.3 is 10.2 Å². The Morgan fingerprint density at radius 2 is 2.24 bits per heavy atom. The molecule has 0 aromatic carbocycles. The number of rotatable bonds is 6. The Morgan fingerprint density at radius 1 is 1.41 bits per heavy atom. The van der Waals surface area contributed by atoms with E-state index in [4.69, 9.17) is 12.2 Å². The van der Waals surface area contributed by atoms with Crippen molar-refractivity contribution in [2.75, 3.05) is 13.1 Å². The minimum Gasteiger partial charge on any atom is -0.363 e. The summed E-state index contributed by atoms with van der Waals surface area (Å²) in [4.78, 5) is 6.45. The highest BCUT2D eigenvalue weighted by Gasteiger charge is 2.07.